The molecule has 0 saturated heterocycles. The highest BCUT2D eigenvalue weighted by molar-refractivity contribution is 7.85. The molecule has 84 valence electrons. The molecule has 0 radical (unpaired) electrons. The first-order valence-electron chi connectivity index (χ1n) is 5.06. The summed E-state index contributed by atoms with van der Waals surface area (Å²) in [6, 6.07) is 0. The second kappa shape index (κ2) is 7.97. The van der Waals surface area contributed by atoms with Gasteiger partial charge in [0.15, 0.2) is 0 Å². The van der Waals surface area contributed by atoms with Crippen LogP contribution in [0.4, 0.5) is 0 Å². The zero-order valence-corrected chi connectivity index (χ0v) is 10.1. The Morgan fingerprint density at radius 1 is 1.43 bits per heavy atom. The van der Waals surface area contributed by atoms with Crippen molar-refractivity contribution >= 4 is 16.8 Å². The van der Waals surface area contributed by atoms with Crippen LogP contribution in [0.15, 0.2) is 0 Å². The van der Waals surface area contributed by atoms with Crippen molar-refractivity contribution in [2.75, 3.05) is 18.1 Å². The second-order valence-electron chi connectivity index (χ2n) is 3.72. The van der Waals surface area contributed by atoms with Crippen molar-refractivity contribution in [2.45, 2.75) is 33.6 Å². The van der Waals surface area contributed by atoms with Crippen LogP contribution >= 0.6 is 0 Å². The van der Waals surface area contributed by atoms with Crippen LogP contribution in [0.25, 0.3) is 0 Å². The average Bonchev–Trinajstić information content (AvgIpc) is 2.02. The summed E-state index contributed by atoms with van der Waals surface area (Å²) in [5.41, 5.74) is 0. The Balaban J connectivity index is 3.56. The van der Waals surface area contributed by atoms with Gasteiger partial charge in [-0.25, -0.2) is 0 Å². The van der Waals surface area contributed by atoms with Crippen LogP contribution in [0, 0.1) is 5.92 Å². The molecule has 0 heterocycles. The first kappa shape index (κ1) is 13.6. The molecule has 3 nitrogen and oxygen atoms in total. The van der Waals surface area contributed by atoms with Gasteiger partial charge in [-0.15, -0.1) is 0 Å². The molecule has 0 aliphatic carbocycles. The molecule has 14 heavy (non-hydrogen) atoms. The zero-order chi connectivity index (χ0) is 11.0. The summed E-state index contributed by atoms with van der Waals surface area (Å²) in [5.74, 6) is 0.641. The van der Waals surface area contributed by atoms with Crippen LogP contribution in [-0.2, 0) is 20.3 Å². The Labute approximate surface area is 88.7 Å². The summed E-state index contributed by atoms with van der Waals surface area (Å²) in [6.07, 6.45) is 1.88. The minimum Gasteiger partial charge on any atom is -0.465 e. The van der Waals surface area contributed by atoms with Crippen molar-refractivity contribution in [3.63, 3.8) is 0 Å². The van der Waals surface area contributed by atoms with Crippen molar-refractivity contribution in [3.8, 4) is 0 Å². The molecule has 0 aromatic carbocycles. The number of carbonyl (C=O) groups is 1. The molecule has 0 saturated carbocycles. The molecule has 0 bridgehead atoms. The molecule has 1 atom stereocenters. The number of hydrogen-bond donors (Lipinski definition) is 0. The number of esters is 1. The molecule has 0 aliphatic heterocycles. The summed E-state index contributed by atoms with van der Waals surface area (Å²) in [7, 11) is -1.06. The smallest absolute Gasteiger partial charge is 0.318 e. The second-order valence-corrected chi connectivity index (χ2v) is 5.22. The van der Waals surface area contributed by atoms with Crippen molar-refractivity contribution in [1.82, 2.24) is 0 Å². The van der Waals surface area contributed by atoms with E-state index in [0.29, 0.717) is 18.3 Å². The zero-order valence-electron chi connectivity index (χ0n) is 9.25. The van der Waals surface area contributed by atoms with E-state index in [1.54, 1.807) is 0 Å². The molecule has 0 rings (SSSR count). The minimum absolute atomic E-state index is 0.0435. The third-order valence-electron chi connectivity index (χ3n) is 1.56. The molecule has 0 spiro atoms. The number of unbranched alkanes of at least 4 members (excludes halogenated alkanes) is 1. The summed E-state index contributed by atoms with van der Waals surface area (Å²) in [5, 5.41) is 0. The minimum atomic E-state index is -1.06. The van der Waals surface area contributed by atoms with E-state index >= 15 is 0 Å². The molecular formula is C10H20O3S. The lowest BCUT2D eigenvalue weighted by atomic mass is 10.3. The summed E-state index contributed by atoms with van der Waals surface area (Å²) in [4.78, 5) is 11.1. The Kier molecular flexibility index (Phi) is 7.76. The Morgan fingerprint density at radius 3 is 2.57 bits per heavy atom. The van der Waals surface area contributed by atoms with Gasteiger partial charge < -0.3 is 4.74 Å². The normalized spacial score (nSPS) is 12.9. The van der Waals surface area contributed by atoms with Crippen LogP contribution in [0.2, 0.25) is 0 Å². The Bertz CT molecular complexity index is 190. The monoisotopic (exact) mass is 220 g/mol. The van der Waals surface area contributed by atoms with Crippen molar-refractivity contribution in [1.29, 1.82) is 0 Å². The predicted molar refractivity (Wildman–Crippen MR) is 58.6 cm³/mol. The number of ether oxygens (including phenoxy) is 1. The van der Waals surface area contributed by atoms with Gasteiger partial charge in [0.25, 0.3) is 0 Å². The SMILES string of the molecule is CCCCOC(=O)CS(=O)CC(C)C. The van der Waals surface area contributed by atoms with E-state index in [2.05, 4.69) is 0 Å². The number of rotatable bonds is 7. The molecule has 0 aromatic heterocycles. The standard InChI is InChI=1S/C10H20O3S/c1-4-5-6-13-10(11)8-14(12)7-9(2)3/h9H,4-8H2,1-3H3. The van der Waals surface area contributed by atoms with Crippen LogP contribution < -0.4 is 0 Å². The maximum Gasteiger partial charge on any atom is 0.318 e. The highest BCUT2D eigenvalue weighted by atomic mass is 32.2. The lowest BCUT2D eigenvalue weighted by Gasteiger charge is -2.05. The molecule has 0 aromatic rings. The van der Waals surface area contributed by atoms with Crippen molar-refractivity contribution in [3.05, 3.63) is 0 Å². The lowest BCUT2D eigenvalue weighted by Crippen LogP contribution is -2.18. The van der Waals surface area contributed by atoms with Crippen LogP contribution in [0.3, 0.4) is 0 Å². The Hall–Kier alpha value is -0.380. The third-order valence-corrected chi connectivity index (χ3v) is 3.16. The number of carbonyl (C=O) groups excluding carboxylic acids is 1. The van der Waals surface area contributed by atoms with Gasteiger partial charge in [0.2, 0.25) is 0 Å². The van der Waals surface area contributed by atoms with E-state index in [9.17, 15) is 9.00 Å². The molecule has 4 heteroatoms. The van der Waals surface area contributed by atoms with Gasteiger partial charge >= 0.3 is 5.97 Å². The van der Waals surface area contributed by atoms with Gasteiger partial charge in [0.1, 0.15) is 5.75 Å². The summed E-state index contributed by atoms with van der Waals surface area (Å²) >= 11 is 0. The third kappa shape index (κ3) is 8.23. The molecule has 0 fully saturated rings. The van der Waals surface area contributed by atoms with Crippen LogP contribution in [0.1, 0.15) is 33.6 Å². The van der Waals surface area contributed by atoms with E-state index in [0.717, 1.165) is 12.8 Å². The van der Waals surface area contributed by atoms with E-state index in [1.807, 2.05) is 20.8 Å². The van der Waals surface area contributed by atoms with Crippen molar-refractivity contribution < 1.29 is 13.7 Å². The molecular weight excluding hydrogens is 200 g/mol. The van der Waals surface area contributed by atoms with Gasteiger partial charge in [0, 0.05) is 16.6 Å². The van der Waals surface area contributed by atoms with E-state index < -0.39 is 10.8 Å². The first-order valence-corrected chi connectivity index (χ1v) is 6.55. The topological polar surface area (TPSA) is 43.4 Å². The van der Waals surface area contributed by atoms with Crippen LogP contribution in [-0.4, -0.2) is 28.3 Å². The quantitative estimate of drug-likeness (QED) is 0.485. The largest absolute Gasteiger partial charge is 0.465 e. The summed E-state index contributed by atoms with van der Waals surface area (Å²) < 4.78 is 16.2. The fraction of sp³-hybridized carbons (Fsp3) is 0.900. The van der Waals surface area contributed by atoms with Gasteiger partial charge in [-0.1, -0.05) is 27.2 Å². The van der Waals surface area contributed by atoms with E-state index in [4.69, 9.17) is 4.74 Å². The average molecular weight is 220 g/mol. The summed E-state index contributed by atoms with van der Waals surface area (Å²) in [6.45, 7) is 6.46. The van der Waals surface area contributed by atoms with E-state index in [-0.39, 0.29) is 11.7 Å². The molecule has 0 N–H and O–H groups in total. The predicted octanol–water partition coefficient (Wildman–Crippen LogP) is 1.73. The van der Waals surface area contributed by atoms with Gasteiger partial charge in [-0.3, -0.25) is 9.00 Å². The van der Waals surface area contributed by atoms with Gasteiger partial charge in [0.05, 0.1) is 6.61 Å². The highest BCUT2D eigenvalue weighted by Crippen LogP contribution is 1.97. The van der Waals surface area contributed by atoms with Gasteiger partial charge in [-0.2, -0.15) is 0 Å². The molecule has 1 unspecified atom stereocenters. The maximum atomic E-state index is 11.3. The molecule has 0 amide bonds. The Morgan fingerprint density at radius 2 is 2.07 bits per heavy atom. The highest BCUT2D eigenvalue weighted by Gasteiger charge is 2.10. The van der Waals surface area contributed by atoms with E-state index in [1.165, 1.54) is 0 Å². The lowest BCUT2D eigenvalue weighted by molar-refractivity contribution is -0.140. The molecule has 0 aliphatic rings. The van der Waals surface area contributed by atoms with Gasteiger partial charge in [-0.05, 0) is 12.3 Å². The fourth-order valence-corrected chi connectivity index (χ4v) is 2.14. The van der Waals surface area contributed by atoms with Crippen molar-refractivity contribution in [2.24, 2.45) is 5.92 Å². The maximum absolute atomic E-state index is 11.3. The number of hydrogen-bond acceptors (Lipinski definition) is 3. The first-order chi connectivity index (χ1) is 6.56. The fourth-order valence-electron chi connectivity index (χ4n) is 0.934. The van der Waals surface area contributed by atoms with Crippen LogP contribution in [0.5, 0.6) is 0 Å².